The van der Waals surface area contributed by atoms with Crippen LogP contribution in [0.4, 0.5) is 0 Å². The standard InChI is InChI=1S/C14H28N2/c1-6-15-11-7-9-16(10-8-11)12-13(2,3)14(12,4)5/h11-12,15H,6-10H2,1-5H3. The van der Waals surface area contributed by atoms with Crippen LogP contribution in [0.5, 0.6) is 0 Å². The van der Waals surface area contributed by atoms with E-state index in [0.717, 1.165) is 18.6 Å². The molecule has 0 unspecified atom stereocenters. The van der Waals surface area contributed by atoms with Gasteiger partial charge in [0.15, 0.2) is 0 Å². The van der Waals surface area contributed by atoms with Gasteiger partial charge < -0.3 is 5.32 Å². The van der Waals surface area contributed by atoms with E-state index in [1.807, 2.05) is 0 Å². The van der Waals surface area contributed by atoms with Crippen molar-refractivity contribution < 1.29 is 0 Å². The second-order valence-electron chi connectivity index (χ2n) is 6.71. The molecule has 1 saturated carbocycles. The number of nitrogens with one attached hydrogen (secondary N) is 1. The molecule has 16 heavy (non-hydrogen) atoms. The second kappa shape index (κ2) is 3.99. The highest BCUT2D eigenvalue weighted by Crippen LogP contribution is 2.65. The first-order valence-corrected chi connectivity index (χ1v) is 6.88. The van der Waals surface area contributed by atoms with E-state index in [9.17, 15) is 0 Å². The molecule has 0 aromatic rings. The van der Waals surface area contributed by atoms with Crippen molar-refractivity contribution in [3.05, 3.63) is 0 Å². The molecule has 0 bridgehead atoms. The summed E-state index contributed by atoms with van der Waals surface area (Å²) in [4.78, 5) is 2.73. The van der Waals surface area contributed by atoms with Crippen molar-refractivity contribution in [3.63, 3.8) is 0 Å². The van der Waals surface area contributed by atoms with Gasteiger partial charge in [-0.2, -0.15) is 0 Å². The van der Waals surface area contributed by atoms with Gasteiger partial charge in [0.25, 0.3) is 0 Å². The van der Waals surface area contributed by atoms with Gasteiger partial charge in [0.2, 0.25) is 0 Å². The molecule has 0 aromatic heterocycles. The Morgan fingerprint density at radius 1 is 1.06 bits per heavy atom. The molecule has 2 heteroatoms. The summed E-state index contributed by atoms with van der Waals surface area (Å²) in [5, 5.41) is 3.58. The minimum absolute atomic E-state index is 0.512. The zero-order valence-electron chi connectivity index (χ0n) is 11.6. The van der Waals surface area contributed by atoms with Crippen molar-refractivity contribution in [3.8, 4) is 0 Å². The molecule has 2 fully saturated rings. The summed E-state index contributed by atoms with van der Waals surface area (Å²) in [6.07, 6.45) is 2.66. The Morgan fingerprint density at radius 2 is 1.56 bits per heavy atom. The van der Waals surface area contributed by atoms with Crippen molar-refractivity contribution in [1.29, 1.82) is 0 Å². The van der Waals surface area contributed by atoms with E-state index in [1.54, 1.807) is 0 Å². The van der Waals surface area contributed by atoms with E-state index in [4.69, 9.17) is 0 Å². The summed E-state index contributed by atoms with van der Waals surface area (Å²) >= 11 is 0. The highest BCUT2D eigenvalue weighted by molar-refractivity contribution is 5.18. The van der Waals surface area contributed by atoms with Crippen LogP contribution in [0, 0.1) is 10.8 Å². The number of piperidine rings is 1. The van der Waals surface area contributed by atoms with Crippen LogP contribution in [0.25, 0.3) is 0 Å². The van der Waals surface area contributed by atoms with E-state index >= 15 is 0 Å². The van der Waals surface area contributed by atoms with Gasteiger partial charge in [-0.1, -0.05) is 34.6 Å². The minimum atomic E-state index is 0.512. The Hall–Kier alpha value is -0.0800. The maximum atomic E-state index is 3.58. The molecule has 0 atom stereocenters. The molecule has 2 aliphatic rings. The fourth-order valence-corrected chi connectivity index (χ4v) is 3.72. The molecule has 0 amide bonds. The second-order valence-corrected chi connectivity index (χ2v) is 6.71. The Morgan fingerprint density at radius 3 is 1.94 bits per heavy atom. The van der Waals surface area contributed by atoms with Gasteiger partial charge in [0, 0.05) is 12.1 Å². The Kier molecular flexibility index (Phi) is 3.09. The van der Waals surface area contributed by atoms with E-state index in [-0.39, 0.29) is 0 Å². The third kappa shape index (κ3) is 1.80. The van der Waals surface area contributed by atoms with Crippen LogP contribution in [0.1, 0.15) is 47.5 Å². The van der Waals surface area contributed by atoms with Crippen molar-refractivity contribution >= 4 is 0 Å². The largest absolute Gasteiger partial charge is 0.314 e. The Labute approximate surface area is 101 Å². The van der Waals surface area contributed by atoms with E-state index in [0.29, 0.717) is 10.8 Å². The van der Waals surface area contributed by atoms with Crippen LogP contribution in [0.2, 0.25) is 0 Å². The summed E-state index contributed by atoms with van der Waals surface area (Å²) in [6, 6.07) is 1.58. The molecule has 1 N–H and O–H groups in total. The summed E-state index contributed by atoms with van der Waals surface area (Å²) in [6.45, 7) is 15.6. The number of rotatable bonds is 3. The Balaban J connectivity index is 1.87. The molecule has 1 heterocycles. The van der Waals surface area contributed by atoms with Gasteiger partial charge in [-0.15, -0.1) is 0 Å². The SMILES string of the molecule is CCNC1CCN(C2C(C)(C)C2(C)C)CC1. The zero-order valence-corrected chi connectivity index (χ0v) is 11.6. The van der Waals surface area contributed by atoms with E-state index < -0.39 is 0 Å². The molecule has 1 saturated heterocycles. The quantitative estimate of drug-likeness (QED) is 0.792. The van der Waals surface area contributed by atoms with Gasteiger partial charge in [0.05, 0.1) is 0 Å². The smallest absolute Gasteiger partial charge is 0.0209 e. The number of nitrogens with zero attached hydrogens (tertiary/aromatic N) is 1. The molecule has 1 aliphatic carbocycles. The van der Waals surface area contributed by atoms with Crippen molar-refractivity contribution in [2.45, 2.75) is 59.5 Å². The van der Waals surface area contributed by atoms with Crippen LogP contribution in [0.3, 0.4) is 0 Å². The average molecular weight is 224 g/mol. The number of hydrogen-bond acceptors (Lipinski definition) is 2. The lowest BCUT2D eigenvalue weighted by Crippen LogP contribution is -2.44. The lowest BCUT2D eigenvalue weighted by Gasteiger charge is -2.33. The van der Waals surface area contributed by atoms with E-state index in [2.05, 4.69) is 44.8 Å². The predicted molar refractivity (Wildman–Crippen MR) is 69.6 cm³/mol. The van der Waals surface area contributed by atoms with Crippen LogP contribution >= 0.6 is 0 Å². The van der Waals surface area contributed by atoms with Gasteiger partial charge >= 0.3 is 0 Å². The van der Waals surface area contributed by atoms with Crippen LogP contribution in [0.15, 0.2) is 0 Å². The number of hydrogen-bond donors (Lipinski definition) is 1. The first-order chi connectivity index (χ1) is 7.41. The van der Waals surface area contributed by atoms with Crippen molar-refractivity contribution in [2.24, 2.45) is 10.8 Å². The summed E-state index contributed by atoms with van der Waals surface area (Å²) < 4.78 is 0. The normalized spacial score (nSPS) is 30.6. The Bertz CT molecular complexity index is 235. The molecule has 0 aromatic carbocycles. The zero-order chi connectivity index (χ0) is 12.0. The van der Waals surface area contributed by atoms with E-state index in [1.165, 1.54) is 25.9 Å². The highest BCUT2D eigenvalue weighted by atomic mass is 15.2. The maximum absolute atomic E-state index is 3.58. The van der Waals surface area contributed by atoms with Gasteiger partial charge in [-0.05, 0) is 43.3 Å². The molecule has 2 rings (SSSR count). The van der Waals surface area contributed by atoms with Crippen LogP contribution in [-0.2, 0) is 0 Å². The minimum Gasteiger partial charge on any atom is -0.314 e. The molecular weight excluding hydrogens is 196 g/mol. The highest BCUT2D eigenvalue weighted by Gasteiger charge is 2.66. The predicted octanol–water partition coefficient (Wildman–Crippen LogP) is 2.49. The summed E-state index contributed by atoms with van der Waals surface area (Å²) in [7, 11) is 0. The number of likely N-dealkylation sites (tertiary alicyclic amines) is 1. The molecular formula is C14H28N2. The van der Waals surface area contributed by atoms with Gasteiger partial charge in [-0.25, -0.2) is 0 Å². The topological polar surface area (TPSA) is 15.3 Å². The van der Waals surface area contributed by atoms with Gasteiger partial charge in [-0.3, -0.25) is 4.90 Å². The van der Waals surface area contributed by atoms with Crippen molar-refractivity contribution in [1.82, 2.24) is 10.2 Å². The molecule has 1 aliphatic heterocycles. The van der Waals surface area contributed by atoms with Gasteiger partial charge in [0.1, 0.15) is 0 Å². The monoisotopic (exact) mass is 224 g/mol. The summed E-state index contributed by atoms with van der Waals surface area (Å²) in [5.41, 5.74) is 1.02. The van der Waals surface area contributed by atoms with Crippen molar-refractivity contribution in [2.75, 3.05) is 19.6 Å². The lowest BCUT2D eigenvalue weighted by molar-refractivity contribution is 0.165. The first kappa shape index (κ1) is 12.4. The molecule has 0 spiro atoms. The van der Waals surface area contributed by atoms with Crippen LogP contribution < -0.4 is 5.32 Å². The fraction of sp³-hybridized carbons (Fsp3) is 1.00. The fourth-order valence-electron chi connectivity index (χ4n) is 3.72. The molecule has 94 valence electrons. The average Bonchev–Trinajstić information content (AvgIpc) is 2.60. The third-order valence-electron chi connectivity index (χ3n) is 5.33. The lowest BCUT2D eigenvalue weighted by atomic mass is 10.0. The molecule has 2 nitrogen and oxygen atoms in total. The molecule has 0 radical (unpaired) electrons. The van der Waals surface area contributed by atoms with Crippen LogP contribution in [-0.4, -0.2) is 36.6 Å². The summed E-state index contributed by atoms with van der Waals surface area (Å²) in [5.74, 6) is 0. The third-order valence-corrected chi connectivity index (χ3v) is 5.33. The first-order valence-electron chi connectivity index (χ1n) is 6.88. The maximum Gasteiger partial charge on any atom is 0.0209 e.